The molecule has 1 aliphatic rings. The Morgan fingerprint density at radius 3 is 2.88 bits per heavy atom. The summed E-state index contributed by atoms with van der Waals surface area (Å²) in [5.41, 5.74) is 1.13. The van der Waals surface area contributed by atoms with Crippen molar-refractivity contribution in [3.8, 4) is 0 Å². The number of hydrogen-bond donors (Lipinski definition) is 0. The molecule has 1 aromatic rings. The van der Waals surface area contributed by atoms with Gasteiger partial charge >= 0.3 is 0 Å². The number of benzene rings is 1. The smallest absolute Gasteiger partial charge is 0.233 e. The first-order valence-corrected chi connectivity index (χ1v) is 6.43. The number of halogens is 1. The van der Waals surface area contributed by atoms with Crippen LogP contribution in [0.5, 0.6) is 0 Å². The maximum Gasteiger partial charge on any atom is 0.233 e. The quantitative estimate of drug-likeness (QED) is 0.777. The van der Waals surface area contributed by atoms with Crippen molar-refractivity contribution >= 4 is 21.8 Å². The summed E-state index contributed by atoms with van der Waals surface area (Å²) in [5, 5.41) is 0.383. The van der Waals surface area contributed by atoms with Crippen molar-refractivity contribution in [3.63, 3.8) is 0 Å². The lowest BCUT2D eigenvalue weighted by Crippen LogP contribution is -2.42. The monoisotopic (exact) mass is 283 g/mol. The van der Waals surface area contributed by atoms with Gasteiger partial charge in [-0.1, -0.05) is 46.3 Å². The average molecular weight is 284 g/mol. The van der Waals surface area contributed by atoms with E-state index in [0.29, 0.717) is 25.0 Å². The van der Waals surface area contributed by atoms with E-state index in [2.05, 4.69) is 15.9 Å². The fraction of sp³-hybridized carbons (Fsp3) is 0.417. The van der Waals surface area contributed by atoms with Crippen molar-refractivity contribution in [1.82, 2.24) is 4.90 Å². The second kappa shape index (κ2) is 5.46. The Labute approximate surface area is 104 Å². The number of amides is 1. The largest absolute Gasteiger partial charge is 0.370 e. The van der Waals surface area contributed by atoms with E-state index in [9.17, 15) is 4.79 Å². The maximum atomic E-state index is 11.6. The van der Waals surface area contributed by atoms with Crippen LogP contribution >= 0.6 is 15.9 Å². The highest BCUT2D eigenvalue weighted by Gasteiger charge is 2.24. The molecule has 1 aliphatic heterocycles. The topological polar surface area (TPSA) is 29.5 Å². The molecule has 3 nitrogen and oxygen atoms in total. The summed E-state index contributed by atoms with van der Waals surface area (Å²) in [7, 11) is 0. The Bertz CT molecular complexity index is 355. The predicted octanol–water partition coefficient (Wildman–Crippen LogP) is 1.98. The van der Waals surface area contributed by atoms with Crippen molar-refractivity contribution < 1.29 is 9.53 Å². The Morgan fingerprint density at radius 1 is 1.44 bits per heavy atom. The van der Waals surface area contributed by atoms with E-state index >= 15 is 0 Å². The molecule has 1 fully saturated rings. The highest BCUT2D eigenvalue weighted by molar-refractivity contribution is 9.09. The molecule has 0 radical (unpaired) electrons. The van der Waals surface area contributed by atoms with Crippen LogP contribution in [0.3, 0.4) is 0 Å². The van der Waals surface area contributed by atoms with Crippen molar-refractivity contribution in [3.05, 3.63) is 35.9 Å². The van der Waals surface area contributed by atoms with Crippen LogP contribution < -0.4 is 0 Å². The Hall–Kier alpha value is -0.870. The second-order valence-electron chi connectivity index (χ2n) is 3.74. The lowest BCUT2D eigenvalue weighted by atomic mass is 10.1. The molecule has 0 unspecified atom stereocenters. The van der Waals surface area contributed by atoms with Gasteiger partial charge in [-0.05, 0) is 5.56 Å². The van der Waals surface area contributed by atoms with E-state index in [0.717, 1.165) is 5.56 Å². The van der Waals surface area contributed by atoms with E-state index in [-0.39, 0.29) is 12.0 Å². The van der Waals surface area contributed by atoms with Gasteiger partial charge in [0, 0.05) is 6.54 Å². The molecule has 4 heteroatoms. The number of hydrogen-bond acceptors (Lipinski definition) is 2. The SMILES string of the molecule is O=C(CBr)N1CCO[C@H](c2ccccc2)C1. The second-order valence-corrected chi connectivity index (χ2v) is 4.30. The van der Waals surface area contributed by atoms with Crippen molar-refractivity contribution in [2.45, 2.75) is 6.10 Å². The summed E-state index contributed by atoms with van der Waals surface area (Å²) < 4.78 is 5.68. The van der Waals surface area contributed by atoms with Gasteiger partial charge in [0.2, 0.25) is 5.91 Å². The fourth-order valence-electron chi connectivity index (χ4n) is 1.83. The molecular weight excluding hydrogens is 270 g/mol. The zero-order valence-corrected chi connectivity index (χ0v) is 10.5. The minimum Gasteiger partial charge on any atom is -0.370 e. The van der Waals surface area contributed by atoms with E-state index in [1.165, 1.54) is 0 Å². The number of rotatable bonds is 2. The minimum absolute atomic E-state index is 0.0120. The third kappa shape index (κ3) is 2.62. The molecule has 1 aromatic carbocycles. The molecule has 0 N–H and O–H groups in total. The Morgan fingerprint density at radius 2 is 2.19 bits per heavy atom. The number of carbonyl (C=O) groups is 1. The summed E-state index contributed by atoms with van der Waals surface area (Å²) in [5.74, 6) is 0.129. The minimum atomic E-state index is 0.0120. The molecule has 0 saturated carbocycles. The van der Waals surface area contributed by atoms with Gasteiger partial charge in [0.05, 0.1) is 18.5 Å². The normalized spacial score (nSPS) is 20.8. The molecule has 1 heterocycles. The number of nitrogens with zero attached hydrogens (tertiary/aromatic N) is 1. The molecular formula is C12H14BrNO2. The number of morpholine rings is 1. The van der Waals surface area contributed by atoms with Gasteiger partial charge in [-0.2, -0.15) is 0 Å². The van der Waals surface area contributed by atoms with Crippen LogP contribution in [0.2, 0.25) is 0 Å². The third-order valence-electron chi connectivity index (χ3n) is 2.70. The van der Waals surface area contributed by atoms with Gasteiger partial charge in [-0.25, -0.2) is 0 Å². The Kier molecular flexibility index (Phi) is 3.96. The van der Waals surface area contributed by atoms with Crippen LogP contribution in [-0.2, 0) is 9.53 Å². The van der Waals surface area contributed by atoms with Crippen LogP contribution in [0.25, 0.3) is 0 Å². The van der Waals surface area contributed by atoms with Gasteiger partial charge in [0.15, 0.2) is 0 Å². The molecule has 2 rings (SSSR count). The zero-order chi connectivity index (χ0) is 11.4. The lowest BCUT2D eigenvalue weighted by molar-refractivity contribution is -0.136. The molecule has 16 heavy (non-hydrogen) atoms. The van der Waals surface area contributed by atoms with Crippen LogP contribution in [0.4, 0.5) is 0 Å². The first-order chi connectivity index (χ1) is 7.81. The number of alkyl halides is 1. The van der Waals surface area contributed by atoms with Crippen LogP contribution in [0.1, 0.15) is 11.7 Å². The van der Waals surface area contributed by atoms with Crippen LogP contribution in [0.15, 0.2) is 30.3 Å². The zero-order valence-electron chi connectivity index (χ0n) is 8.93. The summed E-state index contributed by atoms with van der Waals surface area (Å²) in [4.78, 5) is 13.4. The van der Waals surface area contributed by atoms with E-state index in [1.54, 1.807) is 0 Å². The molecule has 0 bridgehead atoms. The van der Waals surface area contributed by atoms with E-state index < -0.39 is 0 Å². The van der Waals surface area contributed by atoms with E-state index in [1.807, 2.05) is 35.2 Å². The summed E-state index contributed by atoms with van der Waals surface area (Å²) in [6.45, 7) is 1.94. The highest BCUT2D eigenvalue weighted by atomic mass is 79.9. The Balaban J connectivity index is 2.05. The summed E-state index contributed by atoms with van der Waals surface area (Å²) in [6.07, 6.45) is 0.0120. The highest BCUT2D eigenvalue weighted by Crippen LogP contribution is 2.21. The first kappa shape index (κ1) is 11.6. The van der Waals surface area contributed by atoms with E-state index in [4.69, 9.17) is 4.74 Å². The summed E-state index contributed by atoms with van der Waals surface area (Å²) in [6, 6.07) is 10.0. The van der Waals surface area contributed by atoms with Gasteiger partial charge in [-0.3, -0.25) is 4.79 Å². The average Bonchev–Trinajstić information content (AvgIpc) is 2.39. The number of carbonyl (C=O) groups excluding carboxylic acids is 1. The van der Waals surface area contributed by atoms with Crippen molar-refractivity contribution in [2.24, 2.45) is 0 Å². The molecule has 0 aliphatic carbocycles. The van der Waals surface area contributed by atoms with Gasteiger partial charge < -0.3 is 9.64 Å². The van der Waals surface area contributed by atoms with Gasteiger partial charge in [0.25, 0.3) is 0 Å². The fourth-order valence-corrected chi connectivity index (χ4v) is 2.18. The van der Waals surface area contributed by atoms with Crippen molar-refractivity contribution in [1.29, 1.82) is 0 Å². The van der Waals surface area contributed by atoms with Crippen molar-refractivity contribution in [2.75, 3.05) is 25.0 Å². The van der Waals surface area contributed by atoms with Crippen LogP contribution in [-0.4, -0.2) is 35.8 Å². The molecule has 1 amide bonds. The third-order valence-corrected chi connectivity index (χ3v) is 3.18. The molecule has 1 atom stereocenters. The van der Waals surface area contributed by atoms with Crippen LogP contribution in [0, 0.1) is 0 Å². The first-order valence-electron chi connectivity index (χ1n) is 5.31. The lowest BCUT2D eigenvalue weighted by Gasteiger charge is -2.32. The number of ether oxygens (including phenoxy) is 1. The van der Waals surface area contributed by atoms with Gasteiger partial charge in [-0.15, -0.1) is 0 Å². The summed E-state index contributed by atoms with van der Waals surface area (Å²) >= 11 is 3.19. The predicted molar refractivity (Wildman–Crippen MR) is 65.5 cm³/mol. The molecule has 86 valence electrons. The standard InChI is InChI=1S/C12H14BrNO2/c13-8-12(15)14-6-7-16-11(9-14)10-4-2-1-3-5-10/h1-5,11H,6-9H2/t11-/m0/s1. The molecule has 0 spiro atoms. The maximum absolute atomic E-state index is 11.6. The molecule has 1 saturated heterocycles. The molecule has 0 aromatic heterocycles. The van der Waals surface area contributed by atoms with Gasteiger partial charge in [0.1, 0.15) is 6.10 Å².